The minimum Gasteiger partial charge on any atom is -0.369 e. The average molecular weight is 390 g/mol. The summed E-state index contributed by atoms with van der Waals surface area (Å²) in [5.41, 5.74) is 6.46. The molecule has 1 aromatic carbocycles. The Morgan fingerprint density at radius 1 is 1.29 bits per heavy atom. The van der Waals surface area contributed by atoms with Gasteiger partial charge in [-0.1, -0.05) is 25.0 Å². The molecule has 2 fully saturated rings. The number of rotatable bonds is 7. The summed E-state index contributed by atoms with van der Waals surface area (Å²) < 4.78 is 13.1. The lowest BCUT2D eigenvalue weighted by atomic mass is 9.98. The molecular formula is C21H32FN5O. The van der Waals surface area contributed by atoms with E-state index in [1.165, 1.54) is 37.8 Å². The number of guanidine groups is 1. The fourth-order valence-corrected chi connectivity index (χ4v) is 4.29. The van der Waals surface area contributed by atoms with E-state index in [0.29, 0.717) is 25.0 Å². The van der Waals surface area contributed by atoms with Crippen molar-refractivity contribution in [2.24, 2.45) is 16.6 Å². The third-order valence-electron chi connectivity index (χ3n) is 5.94. The number of primary amides is 1. The van der Waals surface area contributed by atoms with E-state index in [9.17, 15) is 9.18 Å². The molecule has 1 aliphatic carbocycles. The highest BCUT2D eigenvalue weighted by atomic mass is 19.1. The molecule has 4 N–H and O–H groups in total. The van der Waals surface area contributed by atoms with Crippen LogP contribution in [0.3, 0.4) is 0 Å². The summed E-state index contributed by atoms with van der Waals surface area (Å²) in [7, 11) is 1.73. The van der Waals surface area contributed by atoms with Crippen molar-refractivity contribution < 1.29 is 9.18 Å². The number of amides is 1. The predicted molar refractivity (Wildman–Crippen MR) is 110 cm³/mol. The van der Waals surface area contributed by atoms with Gasteiger partial charge in [-0.3, -0.25) is 14.7 Å². The van der Waals surface area contributed by atoms with Crippen LogP contribution in [0, 0.1) is 11.7 Å². The fourth-order valence-electron chi connectivity index (χ4n) is 4.29. The lowest BCUT2D eigenvalue weighted by Crippen LogP contribution is -2.47. The molecule has 2 aliphatic rings. The van der Waals surface area contributed by atoms with Crippen LogP contribution in [0.15, 0.2) is 29.3 Å². The summed E-state index contributed by atoms with van der Waals surface area (Å²) in [5, 5.41) is 6.72. The van der Waals surface area contributed by atoms with Crippen molar-refractivity contribution >= 4 is 11.9 Å². The molecule has 0 aromatic heterocycles. The number of likely N-dealkylation sites (tertiary alicyclic amines) is 1. The van der Waals surface area contributed by atoms with Crippen LogP contribution >= 0.6 is 0 Å². The molecule has 7 heteroatoms. The highest BCUT2D eigenvalue weighted by Gasteiger charge is 2.30. The van der Waals surface area contributed by atoms with Crippen molar-refractivity contribution in [2.75, 3.05) is 26.7 Å². The molecule has 1 aliphatic heterocycles. The molecule has 3 rings (SSSR count). The minimum atomic E-state index is -0.387. The van der Waals surface area contributed by atoms with Crippen LogP contribution in [0.2, 0.25) is 0 Å². The van der Waals surface area contributed by atoms with Gasteiger partial charge in [0.1, 0.15) is 5.82 Å². The maximum absolute atomic E-state index is 13.1. The molecule has 0 spiro atoms. The van der Waals surface area contributed by atoms with Gasteiger partial charge in [-0.25, -0.2) is 4.39 Å². The van der Waals surface area contributed by atoms with E-state index in [-0.39, 0.29) is 17.6 Å². The first-order chi connectivity index (χ1) is 13.5. The summed E-state index contributed by atoms with van der Waals surface area (Å²) in [5.74, 6) is -0.350. The number of aliphatic imine (C=N–C) groups is 1. The number of halogens is 1. The molecule has 1 saturated heterocycles. The van der Waals surface area contributed by atoms with Gasteiger partial charge in [0, 0.05) is 38.8 Å². The van der Waals surface area contributed by atoms with Crippen molar-refractivity contribution in [3.05, 3.63) is 35.6 Å². The molecule has 1 saturated carbocycles. The molecule has 28 heavy (non-hydrogen) atoms. The largest absolute Gasteiger partial charge is 0.369 e. The number of hydrogen-bond donors (Lipinski definition) is 3. The van der Waals surface area contributed by atoms with Crippen molar-refractivity contribution in [3.8, 4) is 0 Å². The summed E-state index contributed by atoms with van der Waals surface area (Å²) in [6.07, 6.45) is 6.92. The van der Waals surface area contributed by atoms with E-state index < -0.39 is 0 Å². The van der Waals surface area contributed by atoms with Gasteiger partial charge in [0.15, 0.2) is 5.96 Å². The summed E-state index contributed by atoms with van der Waals surface area (Å²) >= 11 is 0. The van der Waals surface area contributed by atoms with Gasteiger partial charge >= 0.3 is 0 Å². The Hall–Kier alpha value is -2.15. The molecular weight excluding hydrogens is 357 g/mol. The summed E-state index contributed by atoms with van der Waals surface area (Å²) in [6, 6.07) is 7.30. The van der Waals surface area contributed by atoms with Gasteiger partial charge in [0.25, 0.3) is 0 Å². The van der Waals surface area contributed by atoms with Crippen LogP contribution in [0.25, 0.3) is 0 Å². The number of carbonyl (C=O) groups is 1. The van der Waals surface area contributed by atoms with Crippen LogP contribution in [0.4, 0.5) is 4.39 Å². The standard InChI is InChI=1S/C21H32FN5O/c1-24-21(26-18-10-11-27(14-18)19-4-2-3-5-19)25-13-16(20(23)28)12-15-6-8-17(22)9-7-15/h6-9,16,18-19H,2-5,10-14H2,1H3,(H2,23,28)(H2,24,25,26). The van der Waals surface area contributed by atoms with Crippen LogP contribution < -0.4 is 16.4 Å². The number of nitrogens with one attached hydrogen (secondary N) is 2. The minimum absolute atomic E-state index is 0.287. The lowest BCUT2D eigenvalue weighted by Gasteiger charge is -2.24. The fraction of sp³-hybridized carbons (Fsp3) is 0.619. The molecule has 2 atom stereocenters. The summed E-state index contributed by atoms with van der Waals surface area (Å²) in [4.78, 5) is 18.7. The van der Waals surface area contributed by atoms with Crippen molar-refractivity contribution in [2.45, 2.75) is 50.6 Å². The Kier molecular flexibility index (Phi) is 7.25. The number of benzene rings is 1. The van der Waals surface area contributed by atoms with E-state index >= 15 is 0 Å². The van der Waals surface area contributed by atoms with Crippen LogP contribution in [-0.2, 0) is 11.2 Å². The normalized spacial score (nSPS) is 22.4. The van der Waals surface area contributed by atoms with Crippen LogP contribution in [0.5, 0.6) is 0 Å². The first kappa shape index (κ1) is 20.6. The van der Waals surface area contributed by atoms with Gasteiger partial charge in [-0.05, 0) is 43.4 Å². The quantitative estimate of drug-likeness (QED) is 0.489. The van der Waals surface area contributed by atoms with Gasteiger partial charge in [0.05, 0.1) is 5.92 Å². The smallest absolute Gasteiger partial charge is 0.222 e. The Morgan fingerprint density at radius 3 is 2.64 bits per heavy atom. The molecule has 0 bridgehead atoms. The Labute approximate surface area is 166 Å². The van der Waals surface area contributed by atoms with Gasteiger partial charge in [-0.2, -0.15) is 0 Å². The Morgan fingerprint density at radius 2 is 2.00 bits per heavy atom. The molecule has 154 valence electrons. The zero-order valence-electron chi connectivity index (χ0n) is 16.7. The van der Waals surface area contributed by atoms with Gasteiger partial charge < -0.3 is 16.4 Å². The molecule has 0 radical (unpaired) electrons. The first-order valence-electron chi connectivity index (χ1n) is 10.3. The second-order valence-electron chi connectivity index (χ2n) is 7.95. The Bertz CT molecular complexity index is 672. The number of carbonyl (C=O) groups excluding carboxylic acids is 1. The van der Waals surface area contributed by atoms with Crippen LogP contribution in [0.1, 0.15) is 37.7 Å². The number of nitrogens with two attached hydrogens (primary N) is 1. The van der Waals surface area contributed by atoms with Crippen molar-refractivity contribution in [1.82, 2.24) is 15.5 Å². The zero-order valence-corrected chi connectivity index (χ0v) is 16.7. The van der Waals surface area contributed by atoms with E-state index in [4.69, 9.17) is 5.73 Å². The third kappa shape index (κ3) is 5.67. The Balaban J connectivity index is 1.47. The number of hydrogen-bond acceptors (Lipinski definition) is 3. The van der Waals surface area contributed by atoms with Crippen molar-refractivity contribution in [3.63, 3.8) is 0 Å². The van der Waals surface area contributed by atoms with E-state index in [1.807, 2.05) is 0 Å². The second-order valence-corrected chi connectivity index (χ2v) is 7.95. The highest BCUT2D eigenvalue weighted by molar-refractivity contribution is 5.82. The first-order valence-corrected chi connectivity index (χ1v) is 10.3. The van der Waals surface area contributed by atoms with E-state index in [0.717, 1.165) is 31.1 Å². The van der Waals surface area contributed by atoms with Gasteiger partial charge in [-0.15, -0.1) is 0 Å². The molecule has 2 unspecified atom stereocenters. The number of nitrogens with zero attached hydrogens (tertiary/aromatic N) is 2. The predicted octanol–water partition coefficient (Wildman–Crippen LogP) is 1.65. The van der Waals surface area contributed by atoms with E-state index in [1.54, 1.807) is 19.2 Å². The van der Waals surface area contributed by atoms with Crippen molar-refractivity contribution in [1.29, 1.82) is 0 Å². The monoisotopic (exact) mass is 389 g/mol. The maximum atomic E-state index is 13.1. The average Bonchev–Trinajstić information content (AvgIpc) is 3.37. The molecule has 6 nitrogen and oxygen atoms in total. The molecule has 1 aromatic rings. The van der Waals surface area contributed by atoms with Gasteiger partial charge in [0.2, 0.25) is 5.91 Å². The topological polar surface area (TPSA) is 82.7 Å². The maximum Gasteiger partial charge on any atom is 0.222 e. The SMILES string of the molecule is CN=C(NCC(Cc1ccc(F)cc1)C(N)=O)NC1CCN(C2CCCC2)C1. The highest BCUT2D eigenvalue weighted by Crippen LogP contribution is 2.26. The van der Waals surface area contributed by atoms with Crippen LogP contribution in [-0.4, -0.2) is 55.5 Å². The lowest BCUT2D eigenvalue weighted by molar-refractivity contribution is -0.121. The molecule has 1 amide bonds. The third-order valence-corrected chi connectivity index (χ3v) is 5.94. The summed E-state index contributed by atoms with van der Waals surface area (Å²) in [6.45, 7) is 2.57. The molecule has 1 heterocycles. The van der Waals surface area contributed by atoms with E-state index in [2.05, 4.69) is 20.5 Å². The zero-order chi connectivity index (χ0) is 19.9. The second kappa shape index (κ2) is 9.87.